The standard InChI is InChI=1S/C13H12FNO/c1-9-6-7-15-8-10(9)13-11(14)4-3-5-12(13)16-2/h3-8H,1-2H3. The highest BCUT2D eigenvalue weighted by Crippen LogP contribution is 2.33. The largest absolute Gasteiger partial charge is 0.496 e. The van der Waals surface area contributed by atoms with Gasteiger partial charge >= 0.3 is 0 Å². The topological polar surface area (TPSA) is 22.1 Å². The van der Waals surface area contributed by atoms with Crippen LogP contribution in [0.5, 0.6) is 5.75 Å². The van der Waals surface area contributed by atoms with Gasteiger partial charge in [-0.05, 0) is 30.7 Å². The van der Waals surface area contributed by atoms with Crippen molar-refractivity contribution in [2.24, 2.45) is 0 Å². The van der Waals surface area contributed by atoms with Crippen molar-refractivity contribution in [1.82, 2.24) is 4.98 Å². The molecule has 0 spiro atoms. The Morgan fingerprint density at radius 3 is 2.75 bits per heavy atom. The summed E-state index contributed by atoms with van der Waals surface area (Å²) in [6.45, 7) is 1.92. The number of aromatic nitrogens is 1. The Morgan fingerprint density at radius 1 is 1.25 bits per heavy atom. The summed E-state index contributed by atoms with van der Waals surface area (Å²) in [7, 11) is 1.53. The van der Waals surface area contributed by atoms with Crippen LogP contribution in [-0.4, -0.2) is 12.1 Å². The molecule has 2 nitrogen and oxygen atoms in total. The maximum absolute atomic E-state index is 13.8. The second-order valence-electron chi connectivity index (χ2n) is 3.51. The molecule has 0 aliphatic rings. The summed E-state index contributed by atoms with van der Waals surface area (Å²) in [5.41, 5.74) is 2.20. The lowest BCUT2D eigenvalue weighted by molar-refractivity contribution is 0.413. The molecule has 1 aromatic heterocycles. The summed E-state index contributed by atoms with van der Waals surface area (Å²) in [5.74, 6) is 0.228. The molecule has 1 heterocycles. The van der Waals surface area contributed by atoms with E-state index in [9.17, 15) is 4.39 Å². The van der Waals surface area contributed by atoms with Gasteiger partial charge in [-0.2, -0.15) is 0 Å². The SMILES string of the molecule is COc1cccc(F)c1-c1cnccc1C. The molecule has 82 valence electrons. The fourth-order valence-electron chi connectivity index (χ4n) is 1.66. The van der Waals surface area contributed by atoms with E-state index in [2.05, 4.69) is 4.98 Å². The van der Waals surface area contributed by atoms with E-state index in [-0.39, 0.29) is 5.82 Å². The lowest BCUT2D eigenvalue weighted by Gasteiger charge is -2.11. The minimum absolute atomic E-state index is 0.296. The molecule has 0 N–H and O–H groups in total. The van der Waals surface area contributed by atoms with Crippen molar-refractivity contribution in [1.29, 1.82) is 0 Å². The van der Waals surface area contributed by atoms with Crippen molar-refractivity contribution in [3.05, 3.63) is 48.0 Å². The van der Waals surface area contributed by atoms with E-state index in [0.29, 0.717) is 11.3 Å². The van der Waals surface area contributed by atoms with E-state index in [4.69, 9.17) is 4.74 Å². The molecule has 0 atom stereocenters. The van der Waals surface area contributed by atoms with Crippen LogP contribution in [0.1, 0.15) is 5.56 Å². The summed E-state index contributed by atoms with van der Waals surface area (Å²) in [6.07, 6.45) is 3.34. The molecular formula is C13H12FNO. The number of hydrogen-bond acceptors (Lipinski definition) is 2. The average Bonchev–Trinajstić information content (AvgIpc) is 2.30. The summed E-state index contributed by atoms with van der Waals surface area (Å²) in [4.78, 5) is 4.02. The van der Waals surface area contributed by atoms with Gasteiger partial charge in [-0.1, -0.05) is 6.07 Å². The highest BCUT2D eigenvalue weighted by atomic mass is 19.1. The lowest BCUT2D eigenvalue weighted by atomic mass is 10.0. The van der Waals surface area contributed by atoms with Gasteiger partial charge in [0, 0.05) is 18.0 Å². The van der Waals surface area contributed by atoms with Crippen molar-refractivity contribution in [3.63, 3.8) is 0 Å². The monoisotopic (exact) mass is 217 g/mol. The highest BCUT2D eigenvalue weighted by molar-refractivity contribution is 5.73. The zero-order valence-corrected chi connectivity index (χ0v) is 9.20. The van der Waals surface area contributed by atoms with Crippen LogP contribution >= 0.6 is 0 Å². The third kappa shape index (κ3) is 1.76. The van der Waals surface area contributed by atoms with Crippen LogP contribution in [-0.2, 0) is 0 Å². The lowest BCUT2D eigenvalue weighted by Crippen LogP contribution is -1.93. The van der Waals surface area contributed by atoms with Gasteiger partial charge in [0.15, 0.2) is 0 Å². The molecule has 0 saturated heterocycles. The van der Waals surface area contributed by atoms with Gasteiger partial charge in [-0.15, -0.1) is 0 Å². The molecule has 0 bridgehead atoms. The summed E-state index contributed by atoms with van der Waals surface area (Å²) in [5, 5.41) is 0. The van der Waals surface area contributed by atoms with Gasteiger partial charge in [0.1, 0.15) is 11.6 Å². The first-order valence-corrected chi connectivity index (χ1v) is 4.97. The van der Waals surface area contributed by atoms with Gasteiger partial charge < -0.3 is 4.74 Å². The molecule has 0 fully saturated rings. The predicted octanol–water partition coefficient (Wildman–Crippen LogP) is 3.20. The van der Waals surface area contributed by atoms with E-state index in [1.165, 1.54) is 13.2 Å². The van der Waals surface area contributed by atoms with E-state index in [0.717, 1.165) is 11.1 Å². The second-order valence-corrected chi connectivity index (χ2v) is 3.51. The van der Waals surface area contributed by atoms with Crippen LogP contribution in [0.4, 0.5) is 4.39 Å². The Morgan fingerprint density at radius 2 is 2.06 bits per heavy atom. The molecular weight excluding hydrogens is 205 g/mol. The van der Waals surface area contributed by atoms with Crippen LogP contribution in [0.2, 0.25) is 0 Å². The Hall–Kier alpha value is -1.90. The van der Waals surface area contributed by atoms with E-state index in [1.54, 1.807) is 24.5 Å². The number of nitrogens with zero attached hydrogens (tertiary/aromatic N) is 1. The Bertz CT molecular complexity index is 511. The van der Waals surface area contributed by atoms with Gasteiger partial charge in [0.05, 0.1) is 12.7 Å². The number of rotatable bonds is 2. The van der Waals surface area contributed by atoms with Gasteiger partial charge in [0.25, 0.3) is 0 Å². The molecule has 0 unspecified atom stereocenters. The van der Waals surface area contributed by atoms with Crippen LogP contribution in [0, 0.1) is 12.7 Å². The van der Waals surface area contributed by atoms with E-state index >= 15 is 0 Å². The van der Waals surface area contributed by atoms with Crippen molar-refractivity contribution in [2.75, 3.05) is 7.11 Å². The third-order valence-electron chi connectivity index (χ3n) is 2.50. The van der Waals surface area contributed by atoms with Crippen molar-refractivity contribution >= 4 is 0 Å². The molecule has 16 heavy (non-hydrogen) atoms. The van der Waals surface area contributed by atoms with Gasteiger partial charge in [-0.3, -0.25) is 4.98 Å². The number of methoxy groups -OCH3 is 1. The molecule has 0 aliphatic heterocycles. The first-order chi connectivity index (χ1) is 7.74. The number of pyridine rings is 1. The second kappa shape index (κ2) is 4.31. The maximum atomic E-state index is 13.8. The van der Waals surface area contributed by atoms with Crippen LogP contribution in [0.15, 0.2) is 36.7 Å². The molecule has 2 aromatic rings. The van der Waals surface area contributed by atoms with Gasteiger partial charge in [-0.25, -0.2) is 4.39 Å². The zero-order chi connectivity index (χ0) is 11.5. The van der Waals surface area contributed by atoms with E-state index < -0.39 is 0 Å². The Kier molecular flexibility index (Phi) is 2.86. The normalized spacial score (nSPS) is 10.2. The van der Waals surface area contributed by atoms with Crippen molar-refractivity contribution in [2.45, 2.75) is 6.92 Å². The average molecular weight is 217 g/mol. The van der Waals surface area contributed by atoms with Crippen molar-refractivity contribution < 1.29 is 9.13 Å². The third-order valence-corrected chi connectivity index (χ3v) is 2.50. The summed E-state index contributed by atoms with van der Waals surface area (Å²) < 4.78 is 19.0. The van der Waals surface area contributed by atoms with Crippen molar-refractivity contribution in [3.8, 4) is 16.9 Å². The van der Waals surface area contributed by atoms with E-state index in [1.807, 2.05) is 13.0 Å². The zero-order valence-electron chi connectivity index (χ0n) is 9.20. The summed E-state index contributed by atoms with van der Waals surface area (Å²) in [6, 6.07) is 6.64. The molecule has 0 aliphatic carbocycles. The Balaban J connectivity index is 2.68. The fourth-order valence-corrected chi connectivity index (χ4v) is 1.66. The molecule has 2 rings (SSSR count). The predicted molar refractivity (Wildman–Crippen MR) is 60.9 cm³/mol. The maximum Gasteiger partial charge on any atom is 0.134 e. The minimum Gasteiger partial charge on any atom is -0.496 e. The first kappa shape index (κ1) is 10.6. The summed E-state index contributed by atoms with van der Waals surface area (Å²) >= 11 is 0. The smallest absolute Gasteiger partial charge is 0.134 e. The fraction of sp³-hybridized carbons (Fsp3) is 0.154. The molecule has 0 amide bonds. The first-order valence-electron chi connectivity index (χ1n) is 4.97. The Labute approximate surface area is 93.7 Å². The van der Waals surface area contributed by atoms with Crippen LogP contribution < -0.4 is 4.74 Å². The highest BCUT2D eigenvalue weighted by Gasteiger charge is 2.13. The molecule has 3 heteroatoms. The number of halogens is 1. The number of hydrogen-bond donors (Lipinski definition) is 0. The van der Waals surface area contributed by atoms with Crippen LogP contribution in [0.25, 0.3) is 11.1 Å². The number of ether oxygens (including phenoxy) is 1. The molecule has 0 saturated carbocycles. The quantitative estimate of drug-likeness (QED) is 0.770. The minimum atomic E-state index is -0.296. The van der Waals surface area contributed by atoms with Crippen LogP contribution in [0.3, 0.4) is 0 Å². The molecule has 1 aromatic carbocycles. The number of benzene rings is 1. The number of aryl methyl sites for hydroxylation is 1. The molecule has 0 radical (unpaired) electrons. The van der Waals surface area contributed by atoms with Gasteiger partial charge in [0.2, 0.25) is 0 Å².